The molecule has 0 radical (unpaired) electrons. The van der Waals surface area contributed by atoms with Gasteiger partial charge in [-0.3, -0.25) is 4.79 Å². The molecule has 0 bridgehead atoms. The van der Waals surface area contributed by atoms with Crippen LogP contribution >= 0.6 is 0 Å². The van der Waals surface area contributed by atoms with E-state index in [1.807, 2.05) is 0 Å². The number of carbonyl (C=O) groups excluding carboxylic acids is 1. The molecule has 4 N–H and O–H groups in total. The quantitative estimate of drug-likeness (QED) is 0.559. The average Bonchev–Trinajstić information content (AvgIpc) is 2.13. The van der Waals surface area contributed by atoms with E-state index in [1.54, 1.807) is 6.92 Å². The van der Waals surface area contributed by atoms with Crippen LogP contribution in [0.15, 0.2) is 0 Å². The van der Waals surface area contributed by atoms with Crippen LogP contribution in [0.4, 0.5) is 0 Å². The topological polar surface area (TPSA) is 75.4 Å². The highest BCUT2D eigenvalue weighted by atomic mass is 16.3. The van der Waals surface area contributed by atoms with Gasteiger partial charge < -0.3 is 16.2 Å². The second-order valence-corrected chi connectivity index (χ2v) is 3.68. The van der Waals surface area contributed by atoms with E-state index in [1.165, 1.54) is 0 Å². The lowest BCUT2D eigenvalue weighted by molar-refractivity contribution is -0.122. The molecule has 0 aromatic rings. The maximum Gasteiger partial charge on any atom is 0.236 e. The predicted molar refractivity (Wildman–Crippen MR) is 56.8 cm³/mol. The molecule has 2 atom stereocenters. The molecule has 84 valence electrons. The van der Waals surface area contributed by atoms with Crippen molar-refractivity contribution in [2.24, 2.45) is 5.73 Å². The Morgan fingerprint density at radius 3 is 2.64 bits per heavy atom. The lowest BCUT2D eigenvalue weighted by Crippen LogP contribution is -2.41. The van der Waals surface area contributed by atoms with Gasteiger partial charge in [0.05, 0.1) is 12.1 Å². The number of hydrogen-bond donors (Lipinski definition) is 3. The van der Waals surface area contributed by atoms with Crippen molar-refractivity contribution in [1.82, 2.24) is 5.32 Å². The fraction of sp³-hybridized carbons (Fsp3) is 0.900. The molecular weight excluding hydrogens is 180 g/mol. The van der Waals surface area contributed by atoms with Crippen LogP contribution in [0.25, 0.3) is 0 Å². The number of aliphatic hydroxyl groups is 1. The van der Waals surface area contributed by atoms with Gasteiger partial charge in [-0.2, -0.15) is 0 Å². The Labute approximate surface area is 85.9 Å². The van der Waals surface area contributed by atoms with Gasteiger partial charge in [-0.15, -0.1) is 0 Å². The highest BCUT2D eigenvalue weighted by molar-refractivity contribution is 5.81. The summed E-state index contributed by atoms with van der Waals surface area (Å²) >= 11 is 0. The molecule has 4 heteroatoms. The summed E-state index contributed by atoms with van der Waals surface area (Å²) in [6.07, 6.45) is 2.96. The second kappa shape index (κ2) is 7.76. The number of nitrogens with one attached hydrogen (secondary N) is 1. The number of amides is 1. The molecule has 0 aliphatic rings. The van der Waals surface area contributed by atoms with E-state index >= 15 is 0 Å². The van der Waals surface area contributed by atoms with Crippen LogP contribution in [-0.2, 0) is 4.79 Å². The van der Waals surface area contributed by atoms with Crippen LogP contribution in [0, 0.1) is 0 Å². The minimum Gasteiger partial charge on any atom is -0.393 e. The number of nitrogens with two attached hydrogens (primary N) is 1. The summed E-state index contributed by atoms with van der Waals surface area (Å²) in [6.45, 7) is 4.26. The Kier molecular flexibility index (Phi) is 7.42. The smallest absolute Gasteiger partial charge is 0.236 e. The summed E-state index contributed by atoms with van der Waals surface area (Å²) in [7, 11) is 0. The van der Waals surface area contributed by atoms with Crippen molar-refractivity contribution in [1.29, 1.82) is 0 Å². The van der Waals surface area contributed by atoms with Crippen LogP contribution in [0.5, 0.6) is 0 Å². The van der Waals surface area contributed by atoms with Gasteiger partial charge >= 0.3 is 0 Å². The third kappa shape index (κ3) is 6.86. The zero-order valence-electron chi connectivity index (χ0n) is 9.12. The average molecular weight is 202 g/mol. The van der Waals surface area contributed by atoms with Crippen molar-refractivity contribution in [2.75, 3.05) is 6.54 Å². The van der Waals surface area contributed by atoms with Gasteiger partial charge in [-0.05, 0) is 19.8 Å². The van der Waals surface area contributed by atoms with E-state index in [0.29, 0.717) is 13.0 Å². The Bertz CT molecular complexity index is 160. The van der Waals surface area contributed by atoms with Gasteiger partial charge in [-0.25, -0.2) is 0 Å². The molecule has 0 aromatic carbocycles. The van der Waals surface area contributed by atoms with Crippen LogP contribution in [0.1, 0.15) is 39.5 Å². The maximum atomic E-state index is 11.3. The molecular formula is C10H22N2O2. The molecule has 2 unspecified atom stereocenters. The number of unbranched alkanes of at least 4 members (excludes halogenated alkanes) is 1. The minimum atomic E-state index is -0.399. The van der Waals surface area contributed by atoms with Gasteiger partial charge in [0.2, 0.25) is 5.91 Å². The monoisotopic (exact) mass is 202 g/mol. The van der Waals surface area contributed by atoms with E-state index in [2.05, 4.69) is 12.2 Å². The number of aliphatic hydroxyl groups excluding tert-OH is 1. The molecule has 0 saturated carbocycles. The molecule has 0 aliphatic carbocycles. The molecule has 0 saturated heterocycles. The zero-order valence-corrected chi connectivity index (χ0v) is 9.12. The number of rotatable bonds is 7. The normalized spacial score (nSPS) is 14.9. The van der Waals surface area contributed by atoms with Gasteiger partial charge in [0, 0.05) is 6.54 Å². The van der Waals surface area contributed by atoms with Crippen molar-refractivity contribution in [3.8, 4) is 0 Å². The standard InChI is InChI=1S/C10H22N2O2/c1-3-4-5-9(11)10(14)12-7-6-8(2)13/h8-9,13H,3-7,11H2,1-2H3,(H,12,14). The van der Waals surface area contributed by atoms with Gasteiger partial charge in [0.15, 0.2) is 0 Å². The first-order valence-corrected chi connectivity index (χ1v) is 5.29. The zero-order chi connectivity index (χ0) is 11.0. The summed E-state index contributed by atoms with van der Waals surface area (Å²) in [5, 5.41) is 11.7. The highest BCUT2D eigenvalue weighted by Gasteiger charge is 2.11. The molecule has 0 aliphatic heterocycles. The summed E-state index contributed by atoms with van der Waals surface area (Å²) in [5.41, 5.74) is 5.65. The first kappa shape index (κ1) is 13.4. The SMILES string of the molecule is CCCCC(N)C(=O)NCCC(C)O. The Morgan fingerprint density at radius 2 is 2.14 bits per heavy atom. The van der Waals surface area contributed by atoms with E-state index in [4.69, 9.17) is 10.8 Å². The van der Waals surface area contributed by atoms with Gasteiger partial charge in [-0.1, -0.05) is 19.8 Å². The van der Waals surface area contributed by atoms with E-state index in [-0.39, 0.29) is 12.0 Å². The third-order valence-electron chi connectivity index (χ3n) is 2.07. The van der Waals surface area contributed by atoms with Crippen molar-refractivity contribution in [3.05, 3.63) is 0 Å². The van der Waals surface area contributed by atoms with Crippen molar-refractivity contribution in [2.45, 2.75) is 51.7 Å². The van der Waals surface area contributed by atoms with Gasteiger partial charge in [0.1, 0.15) is 0 Å². The summed E-state index contributed by atoms with van der Waals surface area (Å²) in [4.78, 5) is 11.3. The number of hydrogen-bond acceptors (Lipinski definition) is 3. The Morgan fingerprint density at radius 1 is 1.50 bits per heavy atom. The van der Waals surface area contributed by atoms with E-state index in [9.17, 15) is 4.79 Å². The van der Waals surface area contributed by atoms with Crippen LogP contribution in [0.3, 0.4) is 0 Å². The van der Waals surface area contributed by atoms with Crippen molar-refractivity contribution in [3.63, 3.8) is 0 Å². The molecule has 0 fully saturated rings. The molecule has 4 nitrogen and oxygen atoms in total. The van der Waals surface area contributed by atoms with Crippen LogP contribution in [0.2, 0.25) is 0 Å². The first-order chi connectivity index (χ1) is 6.57. The second-order valence-electron chi connectivity index (χ2n) is 3.68. The fourth-order valence-corrected chi connectivity index (χ4v) is 1.09. The van der Waals surface area contributed by atoms with Gasteiger partial charge in [0.25, 0.3) is 0 Å². The summed E-state index contributed by atoms with van der Waals surface area (Å²) < 4.78 is 0. The Balaban J connectivity index is 3.52. The molecule has 0 aromatic heterocycles. The molecule has 0 heterocycles. The third-order valence-corrected chi connectivity index (χ3v) is 2.07. The maximum absolute atomic E-state index is 11.3. The summed E-state index contributed by atoms with van der Waals surface area (Å²) in [6, 6.07) is -0.399. The van der Waals surface area contributed by atoms with E-state index in [0.717, 1.165) is 19.3 Å². The minimum absolute atomic E-state index is 0.112. The predicted octanol–water partition coefficient (Wildman–Crippen LogP) is 0.391. The molecule has 1 amide bonds. The first-order valence-electron chi connectivity index (χ1n) is 5.29. The van der Waals surface area contributed by atoms with Crippen molar-refractivity contribution < 1.29 is 9.90 Å². The van der Waals surface area contributed by atoms with Crippen LogP contribution in [-0.4, -0.2) is 29.7 Å². The molecule has 0 rings (SSSR count). The number of carbonyl (C=O) groups is 1. The highest BCUT2D eigenvalue weighted by Crippen LogP contribution is 1.98. The van der Waals surface area contributed by atoms with Crippen molar-refractivity contribution >= 4 is 5.91 Å². The lowest BCUT2D eigenvalue weighted by Gasteiger charge is -2.12. The van der Waals surface area contributed by atoms with E-state index < -0.39 is 6.04 Å². The summed E-state index contributed by atoms with van der Waals surface area (Å²) in [5.74, 6) is -0.112. The largest absolute Gasteiger partial charge is 0.393 e. The fourth-order valence-electron chi connectivity index (χ4n) is 1.09. The molecule has 0 spiro atoms. The Hall–Kier alpha value is -0.610. The lowest BCUT2D eigenvalue weighted by atomic mass is 10.1. The van der Waals surface area contributed by atoms with Crippen LogP contribution < -0.4 is 11.1 Å². The molecule has 14 heavy (non-hydrogen) atoms.